The van der Waals surface area contributed by atoms with Gasteiger partial charge in [-0.1, -0.05) is 34.6 Å². The maximum atomic E-state index is 12.4. The molecule has 0 saturated heterocycles. The average molecular weight is 552 g/mol. The minimum Gasteiger partial charge on any atom is -0.462 e. The van der Waals surface area contributed by atoms with Crippen LogP contribution in [0.2, 0.25) is 0 Å². The molecule has 0 aliphatic heterocycles. The average Bonchev–Trinajstić information content (AvgIpc) is 3.24. The SMILES string of the molecule is CCC(C)C(=O)OC1CCC2(C)C(CCC3C2CCC2(C)C(C(C)CCC(=O)NS(=O)(=O)CC)CCC32)C1. The summed E-state index contributed by atoms with van der Waals surface area (Å²) in [4.78, 5) is 24.7. The van der Waals surface area contributed by atoms with Crippen molar-refractivity contribution in [2.45, 2.75) is 125 Å². The van der Waals surface area contributed by atoms with Crippen LogP contribution in [-0.2, 0) is 24.3 Å². The lowest BCUT2D eigenvalue weighted by Gasteiger charge is -2.61. The quantitative estimate of drug-likeness (QED) is 0.331. The van der Waals surface area contributed by atoms with Crippen molar-refractivity contribution in [1.29, 1.82) is 0 Å². The second-order valence-corrected chi connectivity index (χ2v) is 16.0. The predicted octanol–water partition coefficient (Wildman–Crippen LogP) is 6.49. The van der Waals surface area contributed by atoms with Gasteiger partial charge < -0.3 is 4.74 Å². The number of rotatable bonds is 9. The summed E-state index contributed by atoms with van der Waals surface area (Å²) in [5, 5.41) is 0. The molecular weight excluding hydrogens is 498 g/mol. The van der Waals surface area contributed by atoms with Crippen molar-refractivity contribution >= 4 is 21.9 Å². The van der Waals surface area contributed by atoms with Gasteiger partial charge in [0.15, 0.2) is 0 Å². The fraction of sp³-hybridized carbons (Fsp3) is 0.935. The summed E-state index contributed by atoms with van der Waals surface area (Å²) in [6, 6.07) is 0. The third-order valence-electron chi connectivity index (χ3n) is 12.2. The van der Waals surface area contributed by atoms with Crippen molar-refractivity contribution in [2.24, 2.45) is 52.3 Å². The molecule has 10 unspecified atom stereocenters. The number of ether oxygens (including phenoxy) is 1. The number of esters is 1. The van der Waals surface area contributed by atoms with Gasteiger partial charge in [-0.15, -0.1) is 0 Å². The molecular formula is C31H53NO5S. The first-order valence-corrected chi connectivity index (χ1v) is 17.2. The molecule has 1 amide bonds. The van der Waals surface area contributed by atoms with E-state index in [2.05, 4.69) is 25.5 Å². The van der Waals surface area contributed by atoms with Crippen LogP contribution in [0.1, 0.15) is 119 Å². The number of fused-ring (bicyclic) bond motifs is 5. The Morgan fingerprint density at radius 3 is 2.32 bits per heavy atom. The second kappa shape index (κ2) is 11.4. The third kappa shape index (κ3) is 5.69. The van der Waals surface area contributed by atoms with E-state index in [0.717, 1.165) is 43.4 Å². The van der Waals surface area contributed by atoms with Gasteiger partial charge in [-0.3, -0.25) is 14.3 Å². The van der Waals surface area contributed by atoms with Crippen molar-refractivity contribution in [3.8, 4) is 0 Å². The van der Waals surface area contributed by atoms with Crippen molar-refractivity contribution < 1.29 is 22.7 Å². The molecule has 218 valence electrons. The first-order valence-electron chi connectivity index (χ1n) is 15.6. The van der Waals surface area contributed by atoms with E-state index in [9.17, 15) is 18.0 Å². The first-order chi connectivity index (χ1) is 17.8. The highest BCUT2D eigenvalue weighted by atomic mass is 32.2. The van der Waals surface area contributed by atoms with Crippen molar-refractivity contribution in [1.82, 2.24) is 4.72 Å². The molecule has 0 bridgehead atoms. The zero-order valence-corrected chi connectivity index (χ0v) is 25.6. The van der Waals surface area contributed by atoms with Crippen LogP contribution < -0.4 is 4.72 Å². The largest absolute Gasteiger partial charge is 0.462 e. The highest BCUT2D eigenvalue weighted by molar-refractivity contribution is 7.90. The van der Waals surface area contributed by atoms with E-state index in [1.165, 1.54) is 44.9 Å². The van der Waals surface area contributed by atoms with Crippen molar-refractivity contribution in [2.75, 3.05) is 5.75 Å². The Hall–Kier alpha value is -1.11. The predicted molar refractivity (Wildman–Crippen MR) is 151 cm³/mol. The molecule has 38 heavy (non-hydrogen) atoms. The first kappa shape index (κ1) is 29.9. The summed E-state index contributed by atoms with van der Waals surface area (Å²) in [7, 11) is -3.48. The molecule has 0 radical (unpaired) electrons. The highest BCUT2D eigenvalue weighted by Gasteiger charge is 2.60. The van der Waals surface area contributed by atoms with Crippen LogP contribution in [-0.4, -0.2) is 32.2 Å². The van der Waals surface area contributed by atoms with Gasteiger partial charge in [-0.05, 0) is 124 Å². The molecule has 0 spiro atoms. The number of carbonyl (C=O) groups is 2. The van der Waals surface area contributed by atoms with Gasteiger partial charge in [-0.25, -0.2) is 8.42 Å². The van der Waals surface area contributed by atoms with Crippen LogP contribution in [0.5, 0.6) is 0 Å². The maximum absolute atomic E-state index is 12.4. The van der Waals surface area contributed by atoms with Crippen LogP contribution in [0.4, 0.5) is 0 Å². The zero-order valence-electron chi connectivity index (χ0n) is 24.8. The topological polar surface area (TPSA) is 89.5 Å². The Morgan fingerprint density at radius 1 is 0.947 bits per heavy atom. The normalized spacial score (nSPS) is 40.3. The van der Waals surface area contributed by atoms with Gasteiger partial charge in [0.2, 0.25) is 15.9 Å². The Morgan fingerprint density at radius 2 is 1.63 bits per heavy atom. The number of amides is 1. The van der Waals surface area contributed by atoms with E-state index in [0.29, 0.717) is 28.6 Å². The summed E-state index contributed by atoms with van der Waals surface area (Å²) < 4.78 is 31.7. The van der Waals surface area contributed by atoms with Crippen LogP contribution in [0.15, 0.2) is 0 Å². The van der Waals surface area contributed by atoms with Crippen molar-refractivity contribution in [3.05, 3.63) is 0 Å². The molecule has 4 aliphatic carbocycles. The molecule has 0 aromatic carbocycles. The van der Waals surface area contributed by atoms with E-state index < -0.39 is 10.0 Å². The molecule has 0 heterocycles. The minimum absolute atomic E-state index is 0.00784. The maximum Gasteiger partial charge on any atom is 0.308 e. The highest BCUT2D eigenvalue weighted by Crippen LogP contribution is 2.68. The van der Waals surface area contributed by atoms with Crippen LogP contribution >= 0.6 is 0 Å². The molecule has 10 atom stereocenters. The lowest BCUT2D eigenvalue weighted by molar-refractivity contribution is -0.166. The van der Waals surface area contributed by atoms with Crippen LogP contribution in [0, 0.1) is 52.3 Å². The van der Waals surface area contributed by atoms with Gasteiger partial charge in [0.1, 0.15) is 6.10 Å². The van der Waals surface area contributed by atoms with Crippen molar-refractivity contribution in [3.63, 3.8) is 0 Å². The van der Waals surface area contributed by atoms with Gasteiger partial charge in [0.05, 0.1) is 11.7 Å². The molecule has 0 aromatic rings. The minimum atomic E-state index is -3.48. The lowest BCUT2D eigenvalue weighted by atomic mass is 9.44. The molecule has 1 N–H and O–H groups in total. The summed E-state index contributed by atoms with van der Waals surface area (Å²) in [5.41, 5.74) is 0.675. The van der Waals surface area contributed by atoms with Gasteiger partial charge in [-0.2, -0.15) is 0 Å². The molecule has 4 fully saturated rings. The summed E-state index contributed by atoms with van der Waals surface area (Å²) in [6.45, 7) is 12.9. The molecule has 6 nitrogen and oxygen atoms in total. The Balaban J connectivity index is 1.37. The van der Waals surface area contributed by atoms with E-state index in [4.69, 9.17) is 4.74 Å². The monoisotopic (exact) mass is 551 g/mol. The Labute approximate surface area is 231 Å². The summed E-state index contributed by atoms with van der Waals surface area (Å²) in [5.74, 6) is 3.53. The summed E-state index contributed by atoms with van der Waals surface area (Å²) >= 11 is 0. The number of carbonyl (C=O) groups excluding carboxylic acids is 2. The smallest absolute Gasteiger partial charge is 0.308 e. The Bertz CT molecular complexity index is 981. The van der Waals surface area contributed by atoms with E-state index in [-0.39, 0.29) is 36.1 Å². The number of sulfonamides is 1. The fourth-order valence-electron chi connectivity index (χ4n) is 9.60. The number of hydrogen-bond donors (Lipinski definition) is 1. The van der Waals surface area contributed by atoms with E-state index in [1.807, 2.05) is 13.8 Å². The molecule has 4 rings (SSSR count). The molecule has 4 saturated carbocycles. The lowest BCUT2D eigenvalue weighted by Crippen LogP contribution is -2.54. The fourth-order valence-corrected chi connectivity index (χ4v) is 10.2. The van der Waals surface area contributed by atoms with E-state index in [1.54, 1.807) is 6.92 Å². The molecule has 0 aromatic heterocycles. The number of hydrogen-bond acceptors (Lipinski definition) is 5. The Kier molecular flexibility index (Phi) is 8.96. The van der Waals surface area contributed by atoms with Crippen LogP contribution in [0.25, 0.3) is 0 Å². The second-order valence-electron chi connectivity index (χ2n) is 14.0. The standard InChI is InChI=1S/C31H53NO5S/c1-7-20(3)29(34)37-23-15-17-30(5)22(19-23)10-11-24-26-13-12-25(31(26,6)18-16-27(24)30)21(4)9-14-28(33)32-38(35,36)8-2/h20-27H,7-19H2,1-6H3,(H,32,33). The van der Waals surface area contributed by atoms with Gasteiger partial charge >= 0.3 is 5.97 Å². The van der Waals surface area contributed by atoms with Gasteiger partial charge in [0, 0.05) is 6.42 Å². The zero-order chi connectivity index (χ0) is 27.9. The molecule has 4 aliphatic rings. The van der Waals surface area contributed by atoms with Crippen LogP contribution in [0.3, 0.4) is 0 Å². The third-order valence-corrected chi connectivity index (χ3v) is 13.5. The summed E-state index contributed by atoms with van der Waals surface area (Å²) in [6.07, 6.45) is 12.8. The van der Waals surface area contributed by atoms with Gasteiger partial charge in [0.25, 0.3) is 0 Å². The van der Waals surface area contributed by atoms with E-state index >= 15 is 0 Å². The number of nitrogens with one attached hydrogen (secondary N) is 1. The molecule has 7 heteroatoms.